The van der Waals surface area contributed by atoms with E-state index in [-0.39, 0.29) is 11.5 Å². The zero-order chi connectivity index (χ0) is 16.3. The Kier molecular flexibility index (Phi) is 2.92. The van der Waals surface area contributed by atoms with Crippen LogP contribution in [0.25, 0.3) is 5.57 Å². The molecule has 2 N–H and O–H groups in total. The number of rotatable bonds is 2. The normalized spacial score (nSPS) is 25.1. The highest BCUT2D eigenvalue weighted by Crippen LogP contribution is 2.51. The van der Waals surface area contributed by atoms with Crippen LogP contribution >= 0.6 is 0 Å². The molecule has 0 aromatic carbocycles. The Hall–Kier alpha value is -2.14. The zero-order valence-corrected chi connectivity index (χ0v) is 13.6. The van der Waals surface area contributed by atoms with Gasteiger partial charge in [-0.2, -0.15) is 0 Å². The van der Waals surface area contributed by atoms with Crippen LogP contribution in [0.5, 0.6) is 5.75 Å². The lowest BCUT2D eigenvalue weighted by Gasteiger charge is -2.45. The summed E-state index contributed by atoms with van der Waals surface area (Å²) in [5.74, 6) is 0.515. The molecule has 1 spiro atoms. The first-order chi connectivity index (χ1) is 11.7. The number of hydrogen-bond acceptors (Lipinski definition) is 4. The minimum absolute atomic E-state index is 0.325. The van der Waals surface area contributed by atoms with Crippen molar-refractivity contribution in [2.45, 2.75) is 43.7 Å². The van der Waals surface area contributed by atoms with Crippen LogP contribution in [0, 0.1) is 0 Å². The molecule has 2 fully saturated rings. The Morgan fingerprint density at radius 1 is 1.33 bits per heavy atom. The Morgan fingerprint density at radius 3 is 2.83 bits per heavy atom. The van der Waals surface area contributed by atoms with E-state index in [0.717, 1.165) is 43.3 Å². The molecule has 1 amide bonds. The van der Waals surface area contributed by atoms with Gasteiger partial charge in [0.25, 0.3) is 0 Å². The van der Waals surface area contributed by atoms with E-state index in [1.807, 2.05) is 12.1 Å². The number of allylic oxidation sites excluding steroid dienone is 1. The van der Waals surface area contributed by atoms with Crippen molar-refractivity contribution in [3.63, 3.8) is 0 Å². The van der Waals surface area contributed by atoms with Gasteiger partial charge in [0.05, 0.1) is 6.20 Å². The van der Waals surface area contributed by atoms with Gasteiger partial charge in [0, 0.05) is 61.3 Å². The third-order valence-electron chi connectivity index (χ3n) is 5.90. The molecule has 0 unspecified atom stereocenters. The topological polar surface area (TPSA) is 68.5 Å². The summed E-state index contributed by atoms with van der Waals surface area (Å²) in [6.45, 7) is 2.10. The number of pyridine rings is 1. The highest BCUT2D eigenvalue weighted by atomic mass is 16.5. The van der Waals surface area contributed by atoms with Gasteiger partial charge in [0.1, 0.15) is 11.4 Å². The maximum Gasteiger partial charge on any atom is 0.244 e. The third kappa shape index (κ3) is 2.04. The minimum Gasteiger partial charge on any atom is -0.480 e. The Balaban J connectivity index is 1.55. The van der Waals surface area contributed by atoms with Gasteiger partial charge >= 0.3 is 0 Å². The molecule has 2 aliphatic heterocycles. The Labute approximate surface area is 141 Å². The lowest BCUT2D eigenvalue weighted by Crippen LogP contribution is -2.50. The number of amides is 1. The van der Waals surface area contributed by atoms with Crippen molar-refractivity contribution < 1.29 is 9.53 Å². The molecular weight excluding hydrogens is 302 g/mol. The third-order valence-corrected chi connectivity index (χ3v) is 5.90. The SMILES string of the molecule is NC(=O)C1=CC2=C(C1)c1ccncc1OC21CCN(C2CC2)CC1. The van der Waals surface area contributed by atoms with Crippen LogP contribution in [0.3, 0.4) is 0 Å². The summed E-state index contributed by atoms with van der Waals surface area (Å²) in [6, 6.07) is 2.77. The number of carbonyl (C=O) groups excluding carboxylic acids is 1. The van der Waals surface area contributed by atoms with Crippen LogP contribution < -0.4 is 10.5 Å². The van der Waals surface area contributed by atoms with Crippen molar-refractivity contribution >= 4 is 11.5 Å². The van der Waals surface area contributed by atoms with E-state index in [1.54, 1.807) is 12.4 Å². The second-order valence-electron chi connectivity index (χ2n) is 7.34. The van der Waals surface area contributed by atoms with Gasteiger partial charge in [-0.25, -0.2) is 0 Å². The van der Waals surface area contributed by atoms with Crippen LogP contribution in [0.15, 0.2) is 35.7 Å². The number of piperidine rings is 1. The van der Waals surface area contributed by atoms with Crippen LogP contribution in [0.1, 0.15) is 37.7 Å². The van der Waals surface area contributed by atoms with Crippen molar-refractivity contribution in [3.8, 4) is 5.75 Å². The first kappa shape index (κ1) is 14.2. The van der Waals surface area contributed by atoms with Crippen molar-refractivity contribution in [1.29, 1.82) is 0 Å². The number of likely N-dealkylation sites (tertiary alicyclic amines) is 1. The van der Waals surface area contributed by atoms with Crippen molar-refractivity contribution in [2.75, 3.05) is 13.1 Å². The summed E-state index contributed by atoms with van der Waals surface area (Å²) < 4.78 is 6.51. The van der Waals surface area contributed by atoms with E-state index >= 15 is 0 Å². The molecule has 5 nitrogen and oxygen atoms in total. The predicted octanol–water partition coefficient (Wildman–Crippen LogP) is 2.04. The number of fused-ring (bicyclic) bond motifs is 3. The highest BCUT2D eigenvalue weighted by molar-refractivity contribution is 5.99. The molecule has 4 aliphatic rings. The number of nitrogens with zero attached hydrogens (tertiary/aromatic N) is 2. The number of ether oxygens (including phenoxy) is 1. The van der Waals surface area contributed by atoms with Gasteiger partial charge in [-0.1, -0.05) is 0 Å². The zero-order valence-electron chi connectivity index (χ0n) is 13.6. The van der Waals surface area contributed by atoms with E-state index in [1.165, 1.54) is 24.0 Å². The average molecular weight is 323 g/mol. The molecular formula is C19H21N3O2. The van der Waals surface area contributed by atoms with Crippen molar-refractivity contribution in [2.24, 2.45) is 5.73 Å². The molecule has 5 rings (SSSR count). The standard InChI is InChI=1S/C19H21N3O2/c20-18(23)12-9-15-14-3-6-21-11-17(14)24-19(16(15)10-12)4-7-22(8-5-19)13-1-2-13/h3,6,10-11,13H,1-2,4-5,7-9H2,(H2,20,23). The maximum absolute atomic E-state index is 11.7. The summed E-state index contributed by atoms with van der Waals surface area (Å²) in [4.78, 5) is 18.6. The van der Waals surface area contributed by atoms with Crippen molar-refractivity contribution in [3.05, 3.63) is 41.2 Å². The fourth-order valence-corrected chi connectivity index (χ4v) is 4.44. The molecule has 5 heteroatoms. The van der Waals surface area contributed by atoms with Gasteiger partial charge in [0.2, 0.25) is 5.91 Å². The highest BCUT2D eigenvalue weighted by Gasteiger charge is 2.47. The molecule has 2 aliphatic carbocycles. The molecule has 1 aromatic rings. The molecule has 3 heterocycles. The fraction of sp³-hybridized carbons (Fsp3) is 0.474. The maximum atomic E-state index is 11.7. The molecule has 0 bridgehead atoms. The van der Waals surface area contributed by atoms with E-state index in [9.17, 15) is 4.79 Å². The summed E-state index contributed by atoms with van der Waals surface area (Å²) >= 11 is 0. The molecule has 0 radical (unpaired) electrons. The van der Waals surface area contributed by atoms with Crippen LogP contribution in [0.2, 0.25) is 0 Å². The van der Waals surface area contributed by atoms with E-state index in [2.05, 4.69) is 9.88 Å². The molecule has 0 atom stereocenters. The lowest BCUT2D eigenvalue weighted by molar-refractivity contribution is -0.114. The number of hydrogen-bond donors (Lipinski definition) is 1. The molecule has 1 saturated carbocycles. The average Bonchev–Trinajstić information content (AvgIpc) is 3.32. The smallest absolute Gasteiger partial charge is 0.244 e. The van der Waals surface area contributed by atoms with Crippen molar-refractivity contribution in [1.82, 2.24) is 9.88 Å². The van der Waals surface area contributed by atoms with Gasteiger partial charge in [-0.15, -0.1) is 0 Å². The number of carbonyl (C=O) groups is 1. The van der Waals surface area contributed by atoms with Gasteiger partial charge in [0.15, 0.2) is 0 Å². The summed E-state index contributed by atoms with van der Waals surface area (Å²) in [7, 11) is 0. The number of nitrogens with two attached hydrogens (primary N) is 1. The summed E-state index contributed by atoms with van der Waals surface area (Å²) in [5, 5.41) is 0. The van der Waals surface area contributed by atoms with Crippen LogP contribution in [-0.4, -0.2) is 40.5 Å². The quantitative estimate of drug-likeness (QED) is 0.904. The first-order valence-corrected chi connectivity index (χ1v) is 8.78. The molecule has 24 heavy (non-hydrogen) atoms. The fourth-order valence-electron chi connectivity index (χ4n) is 4.44. The van der Waals surface area contributed by atoms with Crippen LogP contribution in [0.4, 0.5) is 0 Å². The molecule has 1 aromatic heterocycles. The summed E-state index contributed by atoms with van der Waals surface area (Å²) in [5.41, 5.74) is 9.36. The predicted molar refractivity (Wildman–Crippen MR) is 90.2 cm³/mol. The second kappa shape index (κ2) is 4.93. The number of aromatic nitrogens is 1. The lowest BCUT2D eigenvalue weighted by atomic mass is 9.79. The molecule has 1 saturated heterocycles. The summed E-state index contributed by atoms with van der Waals surface area (Å²) in [6.07, 6.45) is 10.8. The van der Waals surface area contributed by atoms with Gasteiger partial charge in [-0.3, -0.25) is 9.78 Å². The minimum atomic E-state index is -0.328. The molecule has 124 valence electrons. The second-order valence-corrected chi connectivity index (χ2v) is 7.34. The van der Waals surface area contributed by atoms with E-state index in [4.69, 9.17) is 10.5 Å². The Morgan fingerprint density at radius 2 is 2.12 bits per heavy atom. The first-order valence-electron chi connectivity index (χ1n) is 8.78. The Bertz CT molecular complexity index is 784. The van der Waals surface area contributed by atoms with Crippen LogP contribution in [-0.2, 0) is 4.79 Å². The van der Waals surface area contributed by atoms with E-state index in [0.29, 0.717) is 12.0 Å². The van der Waals surface area contributed by atoms with Gasteiger partial charge in [-0.05, 0) is 30.6 Å². The van der Waals surface area contributed by atoms with E-state index < -0.39 is 0 Å². The monoisotopic (exact) mass is 323 g/mol. The largest absolute Gasteiger partial charge is 0.480 e. The van der Waals surface area contributed by atoms with Gasteiger partial charge < -0.3 is 15.4 Å². The number of primary amides is 1.